The quantitative estimate of drug-likeness (QED) is 0.426. The average molecular weight is 160 g/mol. The van der Waals surface area contributed by atoms with Crippen molar-refractivity contribution in [1.82, 2.24) is 0 Å². The normalized spacial score (nSPS) is 10.2. The Kier molecular flexibility index (Phi) is 9.68. The van der Waals surface area contributed by atoms with Crippen LogP contribution in [0.5, 0.6) is 0 Å². The van der Waals surface area contributed by atoms with E-state index in [1.807, 2.05) is 0 Å². The van der Waals surface area contributed by atoms with Gasteiger partial charge in [-0.1, -0.05) is 45.4 Å². The molecule has 0 aromatic carbocycles. The first-order valence-electron chi connectivity index (χ1n) is 4.52. The van der Waals surface area contributed by atoms with Crippen LogP contribution < -0.4 is 0 Å². The summed E-state index contributed by atoms with van der Waals surface area (Å²) in [6.07, 6.45) is 9.74. The highest BCUT2D eigenvalue weighted by Gasteiger charge is 1.87. The van der Waals surface area contributed by atoms with Gasteiger partial charge in [0.1, 0.15) is 0 Å². The Morgan fingerprint density at radius 3 is 1.80 bits per heavy atom. The summed E-state index contributed by atoms with van der Waals surface area (Å²) in [6, 6.07) is 0. The highest BCUT2D eigenvalue weighted by Crippen LogP contribution is 2.06. The van der Waals surface area contributed by atoms with Crippen LogP contribution in [0.4, 0.5) is 0 Å². The minimum atomic E-state index is 1.06. The Morgan fingerprint density at radius 2 is 1.30 bits per heavy atom. The van der Waals surface area contributed by atoms with Gasteiger partial charge in [-0.15, -0.1) is 0 Å². The van der Waals surface area contributed by atoms with E-state index in [9.17, 15) is 0 Å². The molecule has 0 bridgehead atoms. The minimum Gasteiger partial charge on any atom is -0.179 e. The molecular formula is C9H20S. The Labute approximate surface area is 70.8 Å². The third-order valence-electron chi connectivity index (χ3n) is 1.76. The molecule has 0 saturated carbocycles. The molecule has 0 heterocycles. The second kappa shape index (κ2) is 9.35. The van der Waals surface area contributed by atoms with E-state index in [1.165, 1.54) is 44.9 Å². The summed E-state index contributed by atoms with van der Waals surface area (Å²) in [6.45, 7) is 2.26. The number of unbranched alkanes of at least 4 members (excludes halogenated alkanes) is 6. The van der Waals surface area contributed by atoms with Gasteiger partial charge in [0.25, 0.3) is 0 Å². The van der Waals surface area contributed by atoms with Crippen molar-refractivity contribution in [3.05, 3.63) is 0 Å². The number of rotatable bonds is 7. The summed E-state index contributed by atoms with van der Waals surface area (Å²) in [5.74, 6) is 1.06. The van der Waals surface area contributed by atoms with E-state index in [0.29, 0.717) is 0 Å². The third kappa shape index (κ3) is 8.35. The zero-order chi connectivity index (χ0) is 7.66. The molecule has 0 aliphatic rings. The molecule has 0 unspecified atom stereocenters. The van der Waals surface area contributed by atoms with Crippen LogP contribution in [0, 0.1) is 0 Å². The van der Waals surface area contributed by atoms with Gasteiger partial charge in [0.2, 0.25) is 0 Å². The molecule has 0 saturated heterocycles. The molecule has 0 fully saturated rings. The molecule has 0 amide bonds. The predicted octanol–water partition coefficient (Wildman–Crippen LogP) is 3.67. The van der Waals surface area contributed by atoms with Crippen LogP contribution in [0.25, 0.3) is 0 Å². The van der Waals surface area contributed by atoms with Crippen molar-refractivity contribution in [2.75, 3.05) is 5.75 Å². The maximum atomic E-state index is 4.16. The maximum Gasteiger partial charge on any atom is -0.00979 e. The number of hydrogen-bond acceptors (Lipinski definition) is 1. The third-order valence-corrected chi connectivity index (χ3v) is 2.08. The molecule has 0 N–H and O–H groups in total. The molecule has 0 spiro atoms. The molecule has 0 rings (SSSR count). The van der Waals surface area contributed by atoms with Gasteiger partial charge in [0.05, 0.1) is 0 Å². The second-order valence-corrected chi connectivity index (χ2v) is 3.29. The van der Waals surface area contributed by atoms with Crippen LogP contribution in [0.2, 0.25) is 0 Å². The van der Waals surface area contributed by atoms with Crippen LogP contribution in [0.15, 0.2) is 0 Å². The summed E-state index contributed by atoms with van der Waals surface area (Å²) in [5.41, 5.74) is 0. The lowest BCUT2D eigenvalue weighted by atomic mass is 10.1. The smallest absolute Gasteiger partial charge is 0.00979 e. The highest BCUT2D eigenvalue weighted by atomic mass is 32.1. The summed E-state index contributed by atoms with van der Waals surface area (Å²) in [7, 11) is 0. The minimum absolute atomic E-state index is 1.06. The lowest BCUT2D eigenvalue weighted by Gasteiger charge is -1.97. The van der Waals surface area contributed by atoms with Crippen LogP contribution in [-0.4, -0.2) is 5.75 Å². The molecule has 0 radical (unpaired) electrons. The van der Waals surface area contributed by atoms with Crippen molar-refractivity contribution in [2.24, 2.45) is 0 Å². The zero-order valence-corrected chi connectivity index (χ0v) is 8.00. The van der Waals surface area contributed by atoms with Gasteiger partial charge >= 0.3 is 0 Å². The molecule has 0 nitrogen and oxygen atoms in total. The molecule has 0 aromatic heterocycles. The standard InChI is InChI=1S/C9H20S/c1-2-3-4-5-6-7-8-9-10/h10H,2-9H2,1H3. The Morgan fingerprint density at radius 1 is 0.800 bits per heavy atom. The van der Waals surface area contributed by atoms with E-state index in [0.717, 1.165) is 5.75 Å². The van der Waals surface area contributed by atoms with Gasteiger partial charge in [0.15, 0.2) is 0 Å². The summed E-state index contributed by atoms with van der Waals surface area (Å²) < 4.78 is 0. The van der Waals surface area contributed by atoms with Crippen molar-refractivity contribution in [1.29, 1.82) is 0 Å². The zero-order valence-electron chi connectivity index (χ0n) is 7.10. The van der Waals surface area contributed by atoms with Crippen LogP contribution in [0.1, 0.15) is 51.9 Å². The number of hydrogen-bond donors (Lipinski definition) is 1. The van der Waals surface area contributed by atoms with Gasteiger partial charge in [-0.05, 0) is 12.2 Å². The molecular weight excluding hydrogens is 140 g/mol. The first-order valence-corrected chi connectivity index (χ1v) is 5.16. The van der Waals surface area contributed by atoms with Crippen molar-refractivity contribution in [2.45, 2.75) is 51.9 Å². The van der Waals surface area contributed by atoms with E-state index < -0.39 is 0 Å². The molecule has 0 atom stereocenters. The SMILES string of the molecule is CCCCCCCCCS. The summed E-state index contributed by atoms with van der Waals surface area (Å²) in [5, 5.41) is 0. The number of thiol groups is 1. The lowest BCUT2D eigenvalue weighted by Crippen LogP contribution is -1.79. The Bertz CT molecular complexity index is 44.7. The molecule has 0 aliphatic heterocycles. The lowest BCUT2D eigenvalue weighted by molar-refractivity contribution is 0.604. The second-order valence-electron chi connectivity index (χ2n) is 2.84. The molecule has 10 heavy (non-hydrogen) atoms. The van der Waals surface area contributed by atoms with E-state index in [2.05, 4.69) is 19.6 Å². The molecule has 0 aromatic rings. The fraction of sp³-hybridized carbons (Fsp3) is 1.00. The van der Waals surface area contributed by atoms with Crippen molar-refractivity contribution in [3.63, 3.8) is 0 Å². The summed E-state index contributed by atoms with van der Waals surface area (Å²) >= 11 is 4.16. The van der Waals surface area contributed by atoms with E-state index in [4.69, 9.17) is 0 Å². The van der Waals surface area contributed by atoms with Gasteiger partial charge < -0.3 is 0 Å². The average Bonchev–Trinajstić information content (AvgIpc) is 1.97. The van der Waals surface area contributed by atoms with E-state index in [1.54, 1.807) is 0 Å². The fourth-order valence-corrected chi connectivity index (χ4v) is 1.29. The van der Waals surface area contributed by atoms with Crippen molar-refractivity contribution in [3.8, 4) is 0 Å². The first-order chi connectivity index (χ1) is 4.91. The van der Waals surface area contributed by atoms with Gasteiger partial charge in [-0.2, -0.15) is 12.6 Å². The fourth-order valence-electron chi connectivity index (χ4n) is 1.07. The summed E-state index contributed by atoms with van der Waals surface area (Å²) in [4.78, 5) is 0. The Balaban J connectivity index is 2.65. The predicted molar refractivity (Wildman–Crippen MR) is 51.8 cm³/mol. The van der Waals surface area contributed by atoms with E-state index >= 15 is 0 Å². The maximum absolute atomic E-state index is 4.16. The molecule has 62 valence electrons. The topological polar surface area (TPSA) is 0 Å². The van der Waals surface area contributed by atoms with Crippen LogP contribution in [0.3, 0.4) is 0 Å². The van der Waals surface area contributed by atoms with Gasteiger partial charge in [-0.3, -0.25) is 0 Å². The van der Waals surface area contributed by atoms with Crippen molar-refractivity contribution < 1.29 is 0 Å². The largest absolute Gasteiger partial charge is 0.179 e. The highest BCUT2D eigenvalue weighted by molar-refractivity contribution is 7.80. The van der Waals surface area contributed by atoms with Gasteiger partial charge in [-0.25, -0.2) is 0 Å². The van der Waals surface area contributed by atoms with E-state index in [-0.39, 0.29) is 0 Å². The molecule has 0 aliphatic carbocycles. The van der Waals surface area contributed by atoms with Gasteiger partial charge in [0, 0.05) is 0 Å². The van der Waals surface area contributed by atoms with Crippen molar-refractivity contribution >= 4 is 12.6 Å². The Hall–Kier alpha value is 0.350. The first kappa shape index (κ1) is 10.3. The van der Waals surface area contributed by atoms with Crippen LogP contribution in [-0.2, 0) is 0 Å². The molecule has 1 heteroatoms. The van der Waals surface area contributed by atoms with Crippen LogP contribution >= 0.6 is 12.6 Å². The monoisotopic (exact) mass is 160 g/mol.